The van der Waals surface area contributed by atoms with E-state index in [1.807, 2.05) is 41.3 Å². The van der Waals surface area contributed by atoms with E-state index in [1.54, 1.807) is 0 Å². The number of anilines is 1. The normalized spacial score (nSPS) is 22.9. The minimum atomic E-state index is -0.178. The quantitative estimate of drug-likeness (QED) is 0.681. The van der Waals surface area contributed by atoms with Gasteiger partial charge in [-0.3, -0.25) is 14.8 Å². The van der Waals surface area contributed by atoms with Crippen LogP contribution in [0.15, 0.2) is 36.4 Å². The van der Waals surface area contributed by atoms with Crippen LogP contribution in [0.1, 0.15) is 36.5 Å². The maximum atomic E-state index is 12.8. The Morgan fingerprint density at radius 3 is 2.80 bits per heavy atom. The summed E-state index contributed by atoms with van der Waals surface area (Å²) in [5.74, 6) is 0.322. The summed E-state index contributed by atoms with van der Waals surface area (Å²) in [4.78, 5) is 29.7. The van der Waals surface area contributed by atoms with Gasteiger partial charge in [0.05, 0.1) is 0 Å². The van der Waals surface area contributed by atoms with Crippen molar-refractivity contribution in [1.82, 2.24) is 25.3 Å². The molecule has 3 atom stereocenters. The molecule has 0 aliphatic carbocycles. The number of piperazine rings is 1. The lowest BCUT2D eigenvalue weighted by molar-refractivity contribution is 0.0878. The molecule has 8 nitrogen and oxygen atoms in total. The molecule has 0 spiro atoms. The van der Waals surface area contributed by atoms with Crippen molar-refractivity contribution < 1.29 is 9.59 Å². The van der Waals surface area contributed by atoms with Crippen LogP contribution in [0.2, 0.25) is 0 Å². The monoisotopic (exact) mass is 410 g/mol. The Kier molecular flexibility index (Phi) is 6.03. The second kappa shape index (κ2) is 8.87. The van der Waals surface area contributed by atoms with Gasteiger partial charge >= 0.3 is 6.03 Å². The highest BCUT2D eigenvalue weighted by molar-refractivity contribution is 5.92. The van der Waals surface area contributed by atoms with Gasteiger partial charge in [-0.1, -0.05) is 32.0 Å². The summed E-state index contributed by atoms with van der Waals surface area (Å²) >= 11 is 0. The second-order valence-corrected chi connectivity index (χ2v) is 8.63. The molecule has 1 aromatic heterocycles. The van der Waals surface area contributed by atoms with Crippen LogP contribution >= 0.6 is 0 Å². The van der Waals surface area contributed by atoms with Crippen LogP contribution in [0.3, 0.4) is 0 Å². The lowest BCUT2D eigenvalue weighted by atomic mass is 10.1. The highest BCUT2D eigenvalue weighted by atomic mass is 16.2. The third kappa shape index (κ3) is 4.64. The summed E-state index contributed by atoms with van der Waals surface area (Å²) in [6.45, 7) is 7.15. The molecule has 3 heterocycles. The minimum absolute atomic E-state index is 0.0743. The van der Waals surface area contributed by atoms with Crippen molar-refractivity contribution >= 4 is 17.6 Å². The number of carbonyl (C=O) groups excluding carboxylic acids is 2. The molecule has 2 aliphatic rings. The van der Waals surface area contributed by atoms with Crippen molar-refractivity contribution in [2.24, 2.45) is 5.92 Å². The Balaban J connectivity index is 1.34. The van der Waals surface area contributed by atoms with Crippen LogP contribution in [-0.2, 0) is 6.42 Å². The molecule has 160 valence electrons. The number of H-pyrrole nitrogens is 1. The summed E-state index contributed by atoms with van der Waals surface area (Å²) < 4.78 is 0. The number of amides is 3. The standard InChI is InChI=1S/C22H30N6O2/c1-15(2)10-17-11-20(26-25-17)21(29)23-12-19-14-28(18-8-9-27(19)13-18)22(30)24-16-6-4-3-5-7-16/h3-7,11,15,18-19H,8-10,12-14H2,1-2H3,(H,23,29)(H,24,30)(H,25,26)/t18-,19-/m0/s1. The highest BCUT2D eigenvalue weighted by Gasteiger charge is 2.40. The molecule has 0 radical (unpaired) electrons. The molecule has 2 saturated heterocycles. The Morgan fingerprint density at radius 2 is 2.03 bits per heavy atom. The Bertz CT molecular complexity index is 881. The average Bonchev–Trinajstić information content (AvgIpc) is 3.35. The van der Waals surface area contributed by atoms with Crippen molar-refractivity contribution in [3.63, 3.8) is 0 Å². The Hall–Kier alpha value is -2.87. The van der Waals surface area contributed by atoms with Crippen LogP contribution in [0.25, 0.3) is 0 Å². The van der Waals surface area contributed by atoms with Gasteiger partial charge in [0.1, 0.15) is 5.69 Å². The molecular weight excluding hydrogens is 380 g/mol. The summed E-state index contributed by atoms with van der Waals surface area (Å²) in [6, 6.07) is 11.6. The van der Waals surface area contributed by atoms with Gasteiger partial charge in [0.15, 0.2) is 0 Å². The molecule has 4 rings (SSSR count). The molecule has 2 aliphatic heterocycles. The number of hydrogen-bond donors (Lipinski definition) is 3. The van der Waals surface area contributed by atoms with Gasteiger partial charge in [-0.2, -0.15) is 5.10 Å². The molecule has 2 bridgehead atoms. The summed E-state index contributed by atoms with van der Waals surface area (Å²) in [5.41, 5.74) is 2.18. The maximum Gasteiger partial charge on any atom is 0.322 e. The summed E-state index contributed by atoms with van der Waals surface area (Å²) in [7, 11) is 0. The zero-order valence-corrected chi connectivity index (χ0v) is 17.6. The van der Waals surface area contributed by atoms with Crippen LogP contribution in [-0.4, -0.2) is 70.2 Å². The van der Waals surface area contributed by atoms with Crippen LogP contribution in [0.4, 0.5) is 10.5 Å². The molecular formula is C22H30N6O2. The number of fused-ring (bicyclic) bond motifs is 2. The van der Waals surface area contributed by atoms with Crippen LogP contribution in [0, 0.1) is 5.92 Å². The van der Waals surface area contributed by atoms with Gasteiger partial charge in [-0.25, -0.2) is 4.79 Å². The number of carbonyl (C=O) groups is 2. The summed E-state index contributed by atoms with van der Waals surface area (Å²) in [6.07, 6.45) is 1.83. The molecule has 0 saturated carbocycles. The fraction of sp³-hybridized carbons (Fsp3) is 0.500. The first-order valence-electron chi connectivity index (χ1n) is 10.7. The molecule has 8 heteroatoms. The molecule has 30 heavy (non-hydrogen) atoms. The molecule has 3 N–H and O–H groups in total. The number of hydrogen-bond acceptors (Lipinski definition) is 4. The van der Waals surface area contributed by atoms with E-state index in [2.05, 4.69) is 39.6 Å². The number of para-hydroxylation sites is 1. The number of nitrogens with one attached hydrogen (secondary N) is 3. The van der Waals surface area contributed by atoms with Crippen molar-refractivity contribution in [3.8, 4) is 0 Å². The first kappa shape index (κ1) is 20.4. The fourth-order valence-electron chi connectivity index (χ4n) is 4.33. The van der Waals surface area contributed by atoms with Gasteiger partial charge in [-0.05, 0) is 37.0 Å². The Labute approximate surface area is 177 Å². The van der Waals surface area contributed by atoms with E-state index in [1.165, 1.54) is 0 Å². The van der Waals surface area contributed by atoms with E-state index < -0.39 is 0 Å². The molecule has 1 aromatic carbocycles. The zero-order chi connectivity index (χ0) is 21.1. The number of urea groups is 1. The highest BCUT2D eigenvalue weighted by Crippen LogP contribution is 2.25. The second-order valence-electron chi connectivity index (χ2n) is 8.63. The topological polar surface area (TPSA) is 93.4 Å². The van der Waals surface area contributed by atoms with Crippen molar-refractivity contribution in [2.45, 2.75) is 38.8 Å². The Morgan fingerprint density at radius 1 is 1.23 bits per heavy atom. The van der Waals surface area contributed by atoms with Gasteiger partial charge in [0.2, 0.25) is 0 Å². The lowest BCUT2D eigenvalue weighted by Crippen LogP contribution is -2.58. The number of nitrogens with zero attached hydrogens (tertiary/aromatic N) is 3. The predicted octanol–water partition coefficient (Wildman–Crippen LogP) is 2.33. The third-order valence-corrected chi connectivity index (χ3v) is 5.84. The van der Waals surface area contributed by atoms with E-state index in [9.17, 15) is 9.59 Å². The van der Waals surface area contributed by atoms with Crippen molar-refractivity contribution in [2.75, 3.05) is 31.5 Å². The van der Waals surface area contributed by atoms with Gasteiger partial charge in [-0.15, -0.1) is 0 Å². The minimum Gasteiger partial charge on any atom is -0.349 e. The van der Waals surface area contributed by atoms with Crippen LogP contribution < -0.4 is 10.6 Å². The molecule has 2 aromatic rings. The third-order valence-electron chi connectivity index (χ3n) is 5.84. The van der Waals surface area contributed by atoms with Gasteiger partial charge < -0.3 is 15.5 Å². The first-order valence-corrected chi connectivity index (χ1v) is 10.7. The number of aromatic nitrogens is 2. The SMILES string of the molecule is CC(C)Cc1cc(C(=O)NC[C@H]2CN(C(=O)Nc3ccccc3)[C@H]3CCN2C3)n[nH]1. The van der Waals surface area contributed by atoms with E-state index in [0.29, 0.717) is 24.7 Å². The average molecular weight is 411 g/mol. The molecule has 3 amide bonds. The van der Waals surface area contributed by atoms with Crippen molar-refractivity contribution in [3.05, 3.63) is 47.8 Å². The smallest absolute Gasteiger partial charge is 0.322 e. The van der Waals surface area contributed by atoms with Gasteiger partial charge in [0.25, 0.3) is 5.91 Å². The van der Waals surface area contributed by atoms with E-state index in [4.69, 9.17) is 0 Å². The number of aromatic amines is 1. The predicted molar refractivity (Wildman–Crippen MR) is 115 cm³/mol. The number of rotatable bonds is 6. The van der Waals surface area contributed by atoms with Gasteiger partial charge in [0, 0.05) is 49.6 Å². The molecule has 2 fully saturated rings. The summed E-state index contributed by atoms with van der Waals surface area (Å²) in [5, 5.41) is 13.1. The largest absolute Gasteiger partial charge is 0.349 e. The number of benzene rings is 1. The van der Waals surface area contributed by atoms with E-state index >= 15 is 0 Å². The fourth-order valence-corrected chi connectivity index (χ4v) is 4.33. The van der Waals surface area contributed by atoms with Crippen molar-refractivity contribution in [1.29, 1.82) is 0 Å². The first-order chi connectivity index (χ1) is 14.5. The van der Waals surface area contributed by atoms with E-state index in [0.717, 1.165) is 37.3 Å². The molecule has 1 unspecified atom stereocenters. The lowest BCUT2D eigenvalue weighted by Gasteiger charge is -2.40. The van der Waals surface area contributed by atoms with E-state index in [-0.39, 0.29) is 24.0 Å². The zero-order valence-electron chi connectivity index (χ0n) is 17.6. The van der Waals surface area contributed by atoms with Crippen LogP contribution in [0.5, 0.6) is 0 Å². The maximum absolute atomic E-state index is 12.8.